The van der Waals surface area contributed by atoms with Gasteiger partial charge >= 0.3 is 0 Å². The van der Waals surface area contributed by atoms with E-state index in [9.17, 15) is 4.79 Å². The standard InChI is InChI=1S/C12H11IN2OS/c1-8-10(13)11(16)15-12(14-8)17-7-9-5-3-2-4-6-9/h2-6H,7H2,1H3,(H,14,15,16). The molecule has 0 atom stereocenters. The summed E-state index contributed by atoms with van der Waals surface area (Å²) in [6.45, 7) is 1.85. The van der Waals surface area contributed by atoms with Crippen molar-refractivity contribution < 1.29 is 0 Å². The molecule has 0 fully saturated rings. The van der Waals surface area contributed by atoms with E-state index in [1.165, 1.54) is 5.56 Å². The van der Waals surface area contributed by atoms with E-state index in [1.807, 2.05) is 47.7 Å². The smallest absolute Gasteiger partial charge is 0.265 e. The second kappa shape index (κ2) is 5.68. The molecule has 0 bridgehead atoms. The Balaban J connectivity index is 2.13. The second-order valence-electron chi connectivity index (χ2n) is 3.54. The van der Waals surface area contributed by atoms with Crippen molar-refractivity contribution in [3.8, 4) is 0 Å². The molecule has 0 amide bonds. The largest absolute Gasteiger partial charge is 0.301 e. The van der Waals surface area contributed by atoms with Crippen LogP contribution in [0, 0.1) is 10.5 Å². The monoisotopic (exact) mass is 358 g/mol. The third kappa shape index (κ3) is 3.32. The predicted octanol–water partition coefficient (Wildman–Crippen LogP) is 2.98. The van der Waals surface area contributed by atoms with E-state index in [0.29, 0.717) is 8.73 Å². The molecule has 5 heteroatoms. The van der Waals surface area contributed by atoms with Gasteiger partial charge in [-0.1, -0.05) is 42.1 Å². The molecule has 1 N–H and O–H groups in total. The Morgan fingerprint density at radius 3 is 2.71 bits per heavy atom. The first-order chi connectivity index (χ1) is 8.16. The number of benzene rings is 1. The van der Waals surface area contributed by atoms with Gasteiger partial charge in [-0.15, -0.1) is 0 Å². The first-order valence-electron chi connectivity index (χ1n) is 5.10. The highest BCUT2D eigenvalue weighted by atomic mass is 127. The maximum atomic E-state index is 11.6. The molecule has 0 spiro atoms. The van der Waals surface area contributed by atoms with E-state index in [2.05, 4.69) is 22.1 Å². The molecule has 0 unspecified atom stereocenters. The number of halogens is 1. The minimum absolute atomic E-state index is 0.0614. The van der Waals surface area contributed by atoms with Gasteiger partial charge in [0, 0.05) is 5.75 Å². The number of aromatic nitrogens is 2. The third-order valence-electron chi connectivity index (χ3n) is 2.23. The van der Waals surface area contributed by atoms with Crippen molar-refractivity contribution in [2.75, 3.05) is 0 Å². The normalized spacial score (nSPS) is 10.5. The molecule has 2 aromatic rings. The maximum Gasteiger partial charge on any atom is 0.265 e. The molecule has 0 radical (unpaired) electrons. The van der Waals surface area contributed by atoms with Crippen LogP contribution in [0.3, 0.4) is 0 Å². The summed E-state index contributed by atoms with van der Waals surface area (Å²) in [7, 11) is 0. The van der Waals surface area contributed by atoms with Crippen LogP contribution in [-0.2, 0) is 5.75 Å². The second-order valence-corrected chi connectivity index (χ2v) is 5.59. The summed E-state index contributed by atoms with van der Waals surface area (Å²) in [4.78, 5) is 18.7. The predicted molar refractivity (Wildman–Crippen MR) is 78.3 cm³/mol. The summed E-state index contributed by atoms with van der Waals surface area (Å²) in [5, 5.41) is 0.678. The molecule has 1 aromatic heterocycles. The first kappa shape index (κ1) is 12.6. The summed E-state index contributed by atoms with van der Waals surface area (Å²) in [5.74, 6) is 0.809. The lowest BCUT2D eigenvalue weighted by Crippen LogP contribution is -2.14. The molecule has 1 heterocycles. The quantitative estimate of drug-likeness (QED) is 0.521. The van der Waals surface area contributed by atoms with Gasteiger partial charge in [0.2, 0.25) is 0 Å². The maximum absolute atomic E-state index is 11.6. The van der Waals surface area contributed by atoms with Crippen molar-refractivity contribution in [2.45, 2.75) is 17.8 Å². The lowest BCUT2D eigenvalue weighted by atomic mass is 10.2. The number of hydrogen-bond donors (Lipinski definition) is 1. The zero-order valence-corrected chi connectivity index (χ0v) is 12.2. The SMILES string of the molecule is Cc1nc(SCc2ccccc2)[nH]c(=O)c1I. The fraction of sp³-hybridized carbons (Fsp3) is 0.167. The summed E-state index contributed by atoms with van der Waals surface area (Å²) >= 11 is 3.55. The Hall–Kier alpha value is -0.820. The zero-order chi connectivity index (χ0) is 12.3. The summed E-state index contributed by atoms with van der Waals surface area (Å²) in [6.07, 6.45) is 0. The van der Waals surface area contributed by atoms with Crippen LogP contribution in [0.15, 0.2) is 40.3 Å². The van der Waals surface area contributed by atoms with Crippen LogP contribution in [0.4, 0.5) is 0 Å². The topological polar surface area (TPSA) is 45.8 Å². The third-order valence-corrected chi connectivity index (χ3v) is 4.44. The van der Waals surface area contributed by atoms with Gasteiger partial charge in [-0.2, -0.15) is 0 Å². The molecule has 0 aliphatic heterocycles. The Bertz CT molecular complexity index is 568. The Labute approximate surface area is 117 Å². The number of aromatic amines is 1. The molecule has 0 saturated carbocycles. The highest BCUT2D eigenvalue weighted by Crippen LogP contribution is 2.18. The van der Waals surface area contributed by atoms with Crippen molar-refractivity contribution >= 4 is 34.4 Å². The van der Waals surface area contributed by atoms with Gasteiger partial charge in [-0.3, -0.25) is 4.79 Å². The minimum Gasteiger partial charge on any atom is -0.301 e. The molecule has 1 aromatic carbocycles. The van der Waals surface area contributed by atoms with Gasteiger partial charge in [0.1, 0.15) is 0 Å². The van der Waals surface area contributed by atoms with Crippen LogP contribution in [0.25, 0.3) is 0 Å². The molecule has 0 aliphatic carbocycles. The van der Waals surface area contributed by atoms with Crippen LogP contribution < -0.4 is 5.56 Å². The van der Waals surface area contributed by atoms with Crippen molar-refractivity contribution in [1.29, 1.82) is 0 Å². The van der Waals surface area contributed by atoms with Gasteiger partial charge in [-0.05, 0) is 35.1 Å². The number of hydrogen-bond acceptors (Lipinski definition) is 3. The molecule has 0 saturated heterocycles. The van der Waals surface area contributed by atoms with Crippen LogP contribution in [0.1, 0.15) is 11.3 Å². The van der Waals surface area contributed by atoms with Crippen molar-refractivity contribution in [3.63, 3.8) is 0 Å². The highest BCUT2D eigenvalue weighted by Gasteiger charge is 2.05. The van der Waals surface area contributed by atoms with Gasteiger partial charge in [0.05, 0.1) is 9.26 Å². The Morgan fingerprint density at radius 1 is 1.35 bits per heavy atom. The van der Waals surface area contributed by atoms with Crippen LogP contribution in [-0.4, -0.2) is 9.97 Å². The van der Waals surface area contributed by atoms with Gasteiger partial charge < -0.3 is 4.98 Å². The number of nitrogens with one attached hydrogen (secondary N) is 1. The number of aryl methyl sites for hydroxylation is 1. The van der Waals surface area contributed by atoms with Crippen molar-refractivity contribution in [3.05, 3.63) is 55.5 Å². The van der Waals surface area contributed by atoms with Gasteiger partial charge in [-0.25, -0.2) is 4.98 Å². The van der Waals surface area contributed by atoms with E-state index < -0.39 is 0 Å². The fourth-order valence-corrected chi connectivity index (χ4v) is 2.46. The average Bonchev–Trinajstić information content (AvgIpc) is 2.34. The Kier molecular flexibility index (Phi) is 4.22. The van der Waals surface area contributed by atoms with E-state index in [4.69, 9.17) is 0 Å². The molecule has 88 valence electrons. The number of H-pyrrole nitrogens is 1. The molecule has 17 heavy (non-hydrogen) atoms. The van der Waals surface area contributed by atoms with E-state index in [0.717, 1.165) is 11.4 Å². The molecule has 2 rings (SSSR count). The minimum atomic E-state index is -0.0614. The van der Waals surface area contributed by atoms with E-state index in [-0.39, 0.29) is 5.56 Å². The fourth-order valence-electron chi connectivity index (χ4n) is 1.34. The van der Waals surface area contributed by atoms with Gasteiger partial charge in [0.25, 0.3) is 5.56 Å². The first-order valence-corrected chi connectivity index (χ1v) is 7.16. The van der Waals surface area contributed by atoms with Crippen LogP contribution >= 0.6 is 34.4 Å². The zero-order valence-electron chi connectivity index (χ0n) is 9.24. The summed E-state index contributed by atoms with van der Waals surface area (Å²) in [6, 6.07) is 10.1. The van der Waals surface area contributed by atoms with Crippen LogP contribution in [0.5, 0.6) is 0 Å². The van der Waals surface area contributed by atoms with E-state index in [1.54, 1.807) is 11.8 Å². The molecular weight excluding hydrogens is 347 g/mol. The van der Waals surface area contributed by atoms with Gasteiger partial charge in [0.15, 0.2) is 5.16 Å². The average molecular weight is 358 g/mol. The molecular formula is C12H11IN2OS. The molecule has 3 nitrogen and oxygen atoms in total. The number of thioether (sulfide) groups is 1. The van der Waals surface area contributed by atoms with Crippen molar-refractivity contribution in [1.82, 2.24) is 9.97 Å². The van der Waals surface area contributed by atoms with Crippen molar-refractivity contribution in [2.24, 2.45) is 0 Å². The van der Waals surface area contributed by atoms with Crippen LogP contribution in [0.2, 0.25) is 0 Å². The molecule has 0 aliphatic rings. The lowest BCUT2D eigenvalue weighted by molar-refractivity contribution is 0.891. The summed E-state index contributed by atoms with van der Waals surface area (Å²) < 4.78 is 0.659. The van der Waals surface area contributed by atoms with E-state index >= 15 is 0 Å². The highest BCUT2D eigenvalue weighted by molar-refractivity contribution is 14.1. The number of rotatable bonds is 3. The lowest BCUT2D eigenvalue weighted by Gasteiger charge is -2.03. The summed E-state index contributed by atoms with van der Waals surface area (Å²) in [5.41, 5.74) is 1.94. The Morgan fingerprint density at radius 2 is 2.06 bits per heavy atom. The number of nitrogens with zero attached hydrogens (tertiary/aromatic N) is 1.